The molecule has 2 aromatic heterocycles. The van der Waals surface area contributed by atoms with Gasteiger partial charge in [0, 0.05) is 16.0 Å². The largest absolute Gasteiger partial charge is 0.450 e. The van der Waals surface area contributed by atoms with Gasteiger partial charge in [-0.3, -0.25) is 14.5 Å². The number of benzene rings is 2. The number of anilines is 1. The summed E-state index contributed by atoms with van der Waals surface area (Å²) in [5.41, 5.74) is 2.49. The molecule has 3 heterocycles. The zero-order chi connectivity index (χ0) is 19.4. The molecule has 28 heavy (non-hydrogen) atoms. The Morgan fingerprint density at radius 3 is 2.64 bits per heavy atom. The normalized spacial score (nSPS) is 16.0. The minimum atomic E-state index is -0.575. The third-order valence-corrected chi connectivity index (χ3v) is 6.11. The molecule has 0 aliphatic carbocycles. The third-order valence-electron chi connectivity index (χ3n) is 4.85. The standard InChI is InChI=1S/C21H13BrN2O3S/c1-11-2-4-12(5-3-11)17-16-18(25)14-10-13(22)6-7-15(14)27-19(16)20(26)24(17)21-23-8-9-28-21/h2-10,17H,1H3. The number of halogens is 1. The van der Waals surface area contributed by atoms with Crippen molar-refractivity contribution in [3.8, 4) is 0 Å². The van der Waals surface area contributed by atoms with Crippen molar-refractivity contribution in [2.45, 2.75) is 13.0 Å². The van der Waals surface area contributed by atoms with E-state index >= 15 is 0 Å². The van der Waals surface area contributed by atoms with Gasteiger partial charge in [0.05, 0.1) is 17.0 Å². The fourth-order valence-corrected chi connectivity index (χ4v) is 4.57. The fourth-order valence-electron chi connectivity index (χ4n) is 3.54. The summed E-state index contributed by atoms with van der Waals surface area (Å²) in [5.74, 6) is -0.266. The van der Waals surface area contributed by atoms with Crippen molar-refractivity contribution in [3.63, 3.8) is 0 Å². The molecule has 0 saturated heterocycles. The quantitative estimate of drug-likeness (QED) is 0.425. The van der Waals surface area contributed by atoms with E-state index in [0.717, 1.165) is 15.6 Å². The molecule has 1 atom stereocenters. The van der Waals surface area contributed by atoms with Gasteiger partial charge in [0.25, 0.3) is 5.91 Å². The average Bonchev–Trinajstić information content (AvgIpc) is 3.30. The highest BCUT2D eigenvalue weighted by atomic mass is 79.9. The highest BCUT2D eigenvalue weighted by Gasteiger charge is 2.44. The maximum atomic E-state index is 13.4. The van der Waals surface area contributed by atoms with E-state index in [1.165, 1.54) is 11.3 Å². The molecule has 1 amide bonds. The number of carbonyl (C=O) groups is 1. The number of amides is 1. The number of fused-ring (bicyclic) bond motifs is 2. The molecule has 0 saturated carbocycles. The van der Waals surface area contributed by atoms with Crippen LogP contribution in [0.25, 0.3) is 11.0 Å². The molecule has 0 radical (unpaired) electrons. The van der Waals surface area contributed by atoms with Crippen LogP contribution in [0.1, 0.15) is 33.3 Å². The van der Waals surface area contributed by atoms with E-state index in [4.69, 9.17) is 4.42 Å². The van der Waals surface area contributed by atoms with Crippen LogP contribution >= 0.6 is 27.3 Å². The molecule has 0 bridgehead atoms. The first kappa shape index (κ1) is 17.3. The van der Waals surface area contributed by atoms with E-state index in [0.29, 0.717) is 21.7 Å². The van der Waals surface area contributed by atoms with Crippen LogP contribution in [0.4, 0.5) is 5.13 Å². The topological polar surface area (TPSA) is 63.4 Å². The van der Waals surface area contributed by atoms with Crippen LogP contribution < -0.4 is 10.3 Å². The molecule has 1 unspecified atom stereocenters. The molecule has 138 valence electrons. The van der Waals surface area contributed by atoms with E-state index in [2.05, 4.69) is 20.9 Å². The van der Waals surface area contributed by atoms with Gasteiger partial charge in [0.15, 0.2) is 10.6 Å². The SMILES string of the molecule is Cc1ccc(C2c3c(oc4ccc(Br)cc4c3=O)C(=O)N2c2nccs2)cc1. The zero-order valence-corrected chi connectivity index (χ0v) is 17.1. The smallest absolute Gasteiger partial charge is 0.297 e. The van der Waals surface area contributed by atoms with E-state index in [1.54, 1.807) is 34.7 Å². The molecular formula is C21H13BrN2O3S. The van der Waals surface area contributed by atoms with Crippen LogP contribution in [0, 0.1) is 6.92 Å². The highest BCUT2D eigenvalue weighted by Crippen LogP contribution is 2.41. The summed E-state index contributed by atoms with van der Waals surface area (Å²) in [6, 6.07) is 12.4. The second kappa shape index (κ2) is 6.39. The van der Waals surface area contributed by atoms with E-state index in [1.807, 2.05) is 31.2 Å². The van der Waals surface area contributed by atoms with Gasteiger partial charge in [-0.05, 0) is 30.7 Å². The minimum Gasteiger partial charge on any atom is -0.450 e. The molecule has 1 aliphatic heterocycles. The maximum Gasteiger partial charge on any atom is 0.297 e. The van der Waals surface area contributed by atoms with E-state index in [-0.39, 0.29) is 17.1 Å². The number of rotatable bonds is 2. The molecular weight excluding hydrogens is 440 g/mol. The Bertz CT molecular complexity index is 1280. The monoisotopic (exact) mass is 452 g/mol. The number of aromatic nitrogens is 1. The van der Waals surface area contributed by atoms with Crippen molar-refractivity contribution in [2.24, 2.45) is 0 Å². The molecule has 0 fully saturated rings. The van der Waals surface area contributed by atoms with Crippen LogP contribution in [-0.4, -0.2) is 10.9 Å². The molecule has 5 rings (SSSR count). The highest BCUT2D eigenvalue weighted by molar-refractivity contribution is 9.10. The molecule has 1 aliphatic rings. The second-order valence-corrected chi connectivity index (χ2v) is 8.41. The number of hydrogen-bond acceptors (Lipinski definition) is 5. The number of thiazole rings is 1. The lowest BCUT2D eigenvalue weighted by Gasteiger charge is -2.22. The first-order valence-electron chi connectivity index (χ1n) is 8.60. The van der Waals surface area contributed by atoms with Crippen LogP contribution in [-0.2, 0) is 0 Å². The summed E-state index contributed by atoms with van der Waals surface area (Å²) in [6.07, 6.45) is 1.64. The van der Waals surface area contributed by atoms with Gasteiger partial charge in [0.1, 0.15) is 5.58 Å². The molecule has 0 spiro atoms. The van der Waals surface area contributed by atoms with Gasteiger partial charge >= 0.3 is 0 Å². The first-order chi connectivity index (χ1) is 13.5. The maximum absolute atomic E-state index is 13.4. The van der Waals surface area contributed by atoms with Crippen LogP contribution in [0.15, 0.2) is 67.7 Å². The molecule has 0 N–H and O–H groups in total. The Labute approximate surface area is 172 Å². The predicted octanol–water partition coefficient (Wildman–Crippen LogP) is 5.07. The Morgan fingerprint density at radius 1 is 1.14 bits per heavy atom. The lowest BCUT2D eigenvalue weighted by molar-refractivity contribution is 0.0971. The Morgan fingerprint density at radius 2 is 1.93 bits per heavy atom. The van der Waals surface area contributed by atoms with Crippen molar-refractivity contribution in [1.82, 2.24) is 4.98 Å². The lowest BCUT2D eigenvalue weighted by Crippen LogP contribution is -2.29. The molecule has 5 nitrogen and oxygen atoms in total. The van der Waals surface area contributed by atoms with Crippen molar-refractivity contribution >= 4 is 49.3 Å². The lowest BCUT2D eigenvalue weighted by atomic mass is 9.98. The Balaban J connectivity index is 1.83. The van der Waals surface area contributed by atoms with Gasteiger partial charge in [-0.2, -0.15) is 0 Å². The minimum absolute atomic E-state index is 0.0839. The number of hydrogen-bond donors (Lipinski definition) is 0. The second-order valence-electron chi connectivity index (χ2n) is 6.62. The summed E-state index contributed by atoms with van der Waals surface area (Å²) in [7, 11) is 0. The van der Waals surface area contributed by atoms with Gasteiger partial charge in [0.2, 0.25) is 5.76 Å². The van der Waals surface area contributed by atoms with Crippen LogP contribution in [0.5, 0.6) is 0 Å². The van der Waals surface area contributed by atoms with Crippen LogP contribution in [0.3, 0.4) is 0 Å². The predicted molar refractivity (Wildman–Crippen MR) is 112 cm³/mol. The molecule has 2 aromatic carbocycles. The van der Waals surface area contributed by atoms with Crippen LogP contribution in [0.2, 0.25) is 0 Å². The summed E-state index contributed by atoms with van der Waals surface area (Å²) in [5, 5.41) is 2.78. The number of nitrogens with zero attached hydrogens (tertiary/aromatic N) is 2. The zero-order valence-electron chi connectivity index (χ0n) is 14.7. The number of aryl methyl sites for hydroxylation is 1. The summed E-state index contributed by atoms with van der Waals surface area (Å²) >= 11 is 4.76. The van der Waals surface area contributed by atoms with Crippen molar-refractivity contribution < 1.29 is 9.21 Å². The Hall–Kier alpha value is -2.77. The summed E-state index contributed by atoms with van der Waals surface area (Å²) in [6.45, 7) is 2.00. The first-order valence-corrected chi connectivity index (χ1v) is 10.3. The van der Waals surface area contributed by atoms with E-state index < -0.39 is 6.04 Å². The number of carbonyl (C=O) groups excluding carboxylic acids is 1. The van der Waals surface area contributed by atoms with Gasteiger partial charge in [-0.15, -0.1) is 11.3 Å². The van der Waals surface area contributed by atoms with Crippen molar-refractivity contribution in [3.05, 3.63) is 91.2 Å². The van der Waals surface area contributed by atoms with Crippen molar-refractivity contribution in [1.29, 1.82) is 0 Å². The molecule has 4 aromatic rings. The van der Waals surface area contributed by atoms with E-state index in [9.17, 15) is 9.59 Å². The Kier molecular flexibility index (Phi) is 3.96. The van der Waals surface area contributed by atoms with Gasteiger partial charge in [-0.1, -0.05) is 45.8 Å². The average molecular weight is 453 g/mol. The summed E-state index contributed by atoms with van der Waals surface area (Å²) in [4.78, 5) is 32.5. The van der Waals surface area contributed by atoms with Crippen molar-refractivity contribution in [2.75, 3.05) is 4.90 Å². The fraction of sp³-hybridized carbons (Fsp3) is 0.0952. The van der Waals surface area contributed by atoms with Gasteiger partial charge < -0.3 is 4.42 Å². The molecule has 7 heteroatoms. The third kappa shape index (κ3) is 2.54. The van der Waals surface area contributed by atoms with Gasteiger partial charge in [-0.25, -0.2) is 4.98 Å². The summed E-state index contributed by atoms with van der Waals surface area (Å²) < 4.78 is 6.70.